The van der Waals surface area contributed by atoms with Crippen LogP contribution in [-0.2, 0) is 21.4 Å². The van der Waals surface area contributed by atoms with E-state index in [1.165, 1.54) is 23.9 Å². The Hall–Kier alpha value is -2.36. The van der Waals surface area contributed by atoms with Crippen LogP contribution in [0.4, 0.5) is 5.69 Å². The lowest BCUT2D eigenvalue weighted by atomic mass is 10.2. The molecule has 9 heteroatoms. The number of amides is 1. The molecule has 3 rings (SSSR count). The summed E-state index contributed by atoms with van der Waals surface area (Å²) in [6, 6.07) is 12.2. The number of fused-ring (bicyclic) bond motifs is 1. The molecule has 1 atom stereocenters. The Labute approximate surface area is 168 Å². The lowest BCUT2D eigenvalue weighted by Gasteiger charge is -2.13. The van der Waals surface area contributed by atoms with Crippen LogP contribution in [0.2, 0.25) is 0 Å². The maximum atomic E-state index is 12.5. The van der Waals surface area contributed by atoms with Gasteiger partial charge in [-0.1, -0.05) is 29.5 Å². The normalized spacial score (nSPS) is 12.9. The lowest BCUT2D eigenvalue weighted by molar-refractivity contribution is -0.115. The first-order valence-corrected chi connectivity index (χ1v) is 11.2. The number of hydrogen-bond acceptors (Lipinski definition) is 5. The molecule has 0 aliphatic rings. The van der Waals surface area contributed by atoms with Crippen LogP contribution >= 0.6 is 11.8 Å². The number of benzene rings is 2. The predicted molar refractivity (Wildman–Crippen MR) is 112 cm³/mol. The Bertz CT molecular complexity index is 1120. The maximum Gasteiger partial charge on any atom is 0.238 e. The van der Waals surface area contributed by atoms with Crippen LogP contribution in [0.15, 0.2) is 52.5 Å². The average Bonchev–Trinajstić information content (AvgIpc) is 2.98. The van der Waals surface area contributed by atoms with Gasteiger partial charge in [-0.05, 0) is 51.1 Å². The fourth-order valence-electron chi connectivity index (χ4n) is 2.75. The molecule has 2 aromatic carbocycles. The highest BCUT2D eigenvalue weighted by molar-refractivity contribution is 8.00. The summed E-state index contributed by atoms with van der Waals surface area (Å²) in [5.74, 6) is -0.131. The van der Waals surface area contributed by atoms with E-state index in [9.17, 15) is 13.2 Å². The lowest BCUT2D eigenvalue weighted by Crippen LogP contribution is -2.22. The molecular weight excluding hydrogens is 396 g/mol. The van der Waals surface area contributed by atoms with Crippen molar-refractivity contribution in [2.75, 3.05) is 5.32 Å². The summed E-state index contributed by atoms with van der Waals surface area (Å²) < 4.78 is 25.1. The maximum absolute atomic E-state index is 12.5. The number of aryl methyl sites for hydroxylation is 2. The zero-order valence-electron chi connectivity index (χ0n) is 15.8. The topological polar surface area (TPSA) is 107 Å². The van der Waals surface area contributed by atoms with Crippen molar-refractivity contribution in [3.05, 3.63) is 48.0 Å². The fraction of sp³-hybridized carbons (Fsp3) is 0.263. The Kier molecular flexibility index (Phi) is 5.78. The molecule has 0 saturated carbocycles. The number of aromatic nitrogens is 2. The largest absolute Gasteiger partial charge is 0.325 e. The minimum Gasteiger partial charge on any atom is -0.325 e. The molecule has 1 unspecified atom stereocenters. The number of hydrogen-bond donors (Lipinski definition) is 2. The zero-order chi connectivity index (χ0) is 20.5. The number of rotatable bonds is 6. The third-order valence-corrected chi connectivity index (χ3v) is 6.30. The molecule has 0 saturated heterocycles. The molecule has 0 bridgehead atoms. The summed E-state index contributed by atoms with van der Waals surface area (Å²) in [7, 11) is -3.80. The zero-order valence-corrected chi connectivity index (χ0v) is 17.5. The molecule has 1 heterocycles. The first-order chi connectivity index (χ1) is 13.2. The van der Waals surface area contributed by atoms with Crippen molar-refractivity contribution in [3.8, 4) is 0 Å². The molecule has 7 nitrogen and oxygen atoms in total. The van der Waals surface area contributed by atoms with Crippen molar-refractivity contribution >= 4 is 44.4 Å². The van der Waals surface area contributed by atoms with Gasteiger partial charge in [-0.15, -0.1) is 0 Å². The van der Waals surface area contributed by atoms with Gasteiger partial charge < -0.3 is 9.88 Å². The molecule has 0 radical (unpaired) electrons. The smallest absolute Gasteiger partial charge is 0.238 e. The van der Waals surface area contributed by atoms with Crippen LogP contribution in [0.5, 0.6) is 0 Å². The molecule has 0 fully saturated rings. The minimum atomic E-state index is -3.80. The second-order valence-electron chi connectivity index (χ2n) is 6.45. The third-order valence-electron chi connectivity index (χ3n) is 4.30. The van der Waals surface area contributed by atoms with Gasteiger partial charge in [-0.2, -0.15) is 0 Å². The summed E-state index contributed by atoms with van der Waals surface area (Å²) >= 11 is 1.32. The molecule has 0 spiro atoms. The minimum absolute atomic E-state index is 0.0162. The van der Waals surface area contributed by atoms with Gasteiger partial charge in [0.2, 0.25) is 15.9 Å². The highest BCUT2D eigenvalue weighted by Crippen LogP contribution is 2.29. The van der Waals surface area contributed by atoms with Gasteiger partial charge in [-0.3, -0.25) is 4.79 Å². The molecule has 0 aliphatic heterocycles. The van der Waals surface area contributed by atoms with Gasteiger partial charge in [0.25, 0.3) is 0 Å². The van der Waals surface area contributed by atoms with Crippen molar-refractivity contribution in [1.29, 1.82) is 0 Å². The van der Waals surface area contributed by atoms with Crippen LogP contribution in [0, 0.1) is 6.92 Å². The summed E-state index contributed by atoms with van der Waals surface area (Å²) in [4.78, 5) is 17.1. The molecular formula is C19H22N4O3S2. The van der Waals surface area contributed by atoms with E-state index >= 15 is 0 Å². The highest BCUT2D eigenvalue weighted by atomic mass is 32.2. The van der Waals surface area contributed by atoms with Crippen molar-refractivity contribution < 1.29 is 13.2 Å². The second-order valence-corrected chi connectivity index (χ2v) is 9.32. The fourth-order valence-corrected chi connectivity index (χ4v) is 4.27. The Morgan fingerprint density at radius 1 is 1.25 bits per heavy atom. The van der Waals surface area contributed by atoms with Crippen molar-refractivity contribution in [3.63, 3.8) is 0 Å². The highest BCUT2D eigenvalue weighted by Gasteiger charge is 2.20. The monoisotopic (exact) mass is 418 g/mol. The Morgan fingerprint density at radius 2 is 1.93 bits per heavy atom. The van der Waals surface area contributed by atoms with Crippen LogP contribution in [0.25, 0.3) is 11.0 Å². The second kappa shape index (κ2) is 7.94. The number of anilines is 1. The van der Waals surface area contributed by atoms with Crippen LogP contribution in [0.1, 0.15) is 19.4 Å². The van der Waals surface area contributed by atoms with E-state index in [-0.39, 0.29) is 16.1 Å². The Morgan fingerprint density at radius 3 is 2.54 bits per heavy atom. The molecule has 3 N–H and O–H groups in total. The van der Waals surface area contributed by atoms with Crippen LogP contribution in [-0.4, -0.2) is 29.1 Å². The number of thioether (sulfide) groups is 1. The summed E-state index contributed by atoms with van der Waals surface area (Å²) in [5.41, 5.74) is 3.19. The van der Waals surface area contributed by atoms with E-state index < -0.39 is 10.0 Å². The summed E-state index contributed by atoms with van der Waals surface area (Å²) in [5, 5.41) is 8.37. The van der Waals surface area contributed by atoms with E-state index in [0.29, 0.717) is 17.2 Å². The van der Waals surface area contributed by atoms with Gasteiger partial charge in [-0.25, -0.2) is 18.5 Å². The molecule has 0 aliphatic carbocycles. The van der Waals surface area contributed by atoms with Gasteiger partial charge in [0.05, 0.1) is 21.2 Å². The summed E-state index contributed by atoms with van der Waals surface area (Å²) in [6.45, 7) is 6.40. The van der Waals surface area contributed by atoms with Gasteiger partial charge >= 0.3 is 0 Å². The first-order valence-electron chi connectivity index (χ1n) is 8.76. The van der Waals surface area contributed by atoms with E-state index in [4.69, 9.17) is 5.14 Å². The quantitative estimate of drug-likeness (QED) is 0.598. The van der Waals surface area contributed by atoms with Crippen molar-refractivity contribution in [1.82, 2.24) is 9.55 Å². The number of imidazole rings is 1. The molecule has 3 aromatic rings. The number of nitrogens with one attached hydrogen (secondary N) is 1. The van der Waals surface area contributed by atoms with E-state index in [0.717, 1.165) is 16.8 Å². The number of nitrogens with two attached hydrogens (primary N) is 1. The van der Waals surface area contributed by atoms with Crippen LogP contribution in [0.3, 0.4) is 0 Å². The van der Waals surface area contributed by atoms with E-state index in [1.807, 2.05) is 49.6 Å². The predicted octanol–water partition coefficient (Wildman–Crippen LogP) is 3.13. The number of primary sulfonamides is 1. The van der Waals surface area contributed by atoms with E-state index in [2.05, 4.69) is 10.3 Å². The number of nitrogens with zero attached hydrogens (tertiary/aromatic N) is 2. The SMILES string of the molecule is CCn1c(SC(C)C(=O)Nc2ccc(C)cc2)nc2cc(S(N)(=O)=O)ccc21. The summed E-state index contributed by atoms with van der Waals surface area (Å²) in [6.07, 6.45) is 0. The third kappa shape index (κ3) is 4.37. The van der Waals surface area contributed by atoms with Crippen LogP contribution < -0.4 is 10.5 Å². The standard InChI is InChI=1S/C19H22N4O3S2/c1-4-23-17-10-9-15(28(20,25)26)11-16(17)22-19(23)27-13(3)18(24)21-14-7-5-12(2)6-8-14/h5-11,13H,4H2,1-3H3,(H,21,24)(H2,20,25,26). The van der Waals surface area contributed by atoms with Crippen molar-refractivity contribution in [2.45, 2.75) is 42.6 Å². The number of carbonyl (C=O) groups is 1. The van der Waals surface area contributed by atoms with Crippen molar-refractivity contribution in [2.24, 2.45) is 5.14 Å². The van der Waals surface area contributed by atoms with E-state index in [1.54, 1.807) is 6.07 Å². The first kappa shape index (κ1) is 20.4. The molecule has 28 heavy (non-hydrogen) atoms. The molecule has 1 aromatic heterocycles. The number of sulfonamides is 1. The molecule has 148 valence electrons. The molecule has 1 amide bonds. The van der Waals surface area contributed by atoms with Gasteiger partial charge in [0, 0.05) is 12.2 Å². The Balaban J connectivity index is 1.84. The number of carbonyl (C=O) groups excluding carboxylic acids is 1. The average molecular weight is 419 g/mol. The van der Waals surface area contributed by atoms with Gasteiger partial charge in [0.1, 0.15) is 0 Å². The van der Waals surface area contributed by atoms with Gasteiger partial charge in [0.15, 0.2) is 5.16 Å².